The van der Waals surface area contributed by atoms with E-state index in [1.54, 1.807) is 11.8 Å². The summed E-state index contributed by atoms with van der Waals surface area (Å²) in [6, 6.07) is 20.4. The average Bonchev–Trinajstić information content (AvgIpc) is 2.97. The zero-order valence-corrected chi connectivity index (χ0v) is 13.0. The van der Waals surface area contributed by atoms with E-state index in [2.05, 4.69) is 27.8 Å². The van der Waals surface area contributed by atoms with Crippen LogP contribution in [-0.4, -0.2) is 16.0 Å². The first-order valence-corrected chi connectivity index (χ1v) is 8.09. The van der Waals surface area contributed by atoms with Crippen molar-refractivity contribution < 1.29 is 0 Å². The average molecular weight is 313 g/mol. The first-order chi connectivity index (χ1) is 10.3. The lowest BCUT2D eigenvalue weighted by atomic mass is 10.1. The van der Waals surface area contributed by atoms with Crippen LogP contribution < -0.4 is 10.6 Å². The number of amidine groups is 1. The van der Waals surface area contributed by atoms with Gasteiger partial charge in [-0.3, -0.25) is 4.99 Å². The molecule has 2 N–H and O–H groups in total. The second-order valence-corrected chi connectivity index (χ2v) is 6.03. The maximum absolute atomic E-state index is 5.31. The van der Waals surface area contributed by atoms with Crippen molar-refractivity contribution in [3.05, 3.63) is 66.2 Å². The van der Waals surface area contributed by atoms with E-state index >= 15 is 0 Å². The fourth-order valence-corrected chi connectivity index (χ4v) is 3.31. The van der Waals surface area contributed by atoms with Crippen LogP contribution in [0.3, 0.4) is 0 Å². The van der Waals surface area contributed by atoms with Gasteiger partial charge in [-0.2, -0.15) is 0 Å². The third kappa shape index (κ3) is 3.83. The van der Waals surface area contributed by atoms with Crippen molar-refractivity contribution in [3.63, 3.8) is 0 Å². The van der Waals surface area contributed by atoms with E-state index in [4.69, 9.17) is 12.2 Å². The fourth-order valence-electron chi connectivity index (χ4n) is 2.07. The first kappa shape index (κ1) is 14.1. The van der Waals surface area contributed by atoms with Gasteiger partial charge in [0, 0.05) is 11.4 Å². The summed E-state index contributed by atoms with van der Waals surface area (Å²) in [5, 5.41) is 7.75. The molecule has 0 aliphatic carbocycles. The van der Waals surface area contributed by atoms with Crippen molar-refractivity contribution in [2.75, 3.05) is 11.1 Å². The lowest BCUT2D eigenvalue weighted by molar-refractivity contribution is 0.846. The van der Waals surface area contributed by atoms with Gasteiger partial charge >= 0.3 is 0 Å². The van der Waals surface area contributed by atoms with Crippen molar-refractivity contribution in [2.45, 2.75) is 6.04 Å². The Morgan fingerprint density at radius 1 is 1.00 bits per heavy atom. The summed E-state index contributed by atoms with van der Waals surface area (Å²) in [6.07, 6.45) is 0. The molecule has 5 heteroatoms. The lowest BCUT2D eigenvalue weighted by Crippen LogP contribution is -2.31. The minimum atomic E-state index is 0.207. The highest BCUT2D eigenvalue weighted by Crippen LogP contribution is 2.29. The van der Waals surface area contributed by atoms with Crippen LogP contribution >= 0.6 is 24.0 Å². The Kier molecular flexibility index (Phi) is 4.52. The maximum Gasteiger partial charge on any atom is 0.176 e. The smallest absolute Gasteiger partial charge is 0.176 e. The molecular formula is C16H15N3S2. The van der Waals surface area contributed by atoms with E-state index in [0.717, 1.165) is 16.6 Å². The van der Waals surface area contributed by atoms with Crippen LogP contribution in [0.15, 0.2) is 65.7 Å². The number of benzene rings is 2. The van der Waals surface area contributed by atoms with Crippen molar-refractivity contribution in [1.29, 1.82) is 0 Å². The van der Waals surface area contributed by atoms with Gasteiger partial charge in [0.2, 0.25) is 0 Å². The highest BCUT2D eigenvalue weighted by molar-refractivity contribution is 8.14. The summed E-state index contributed by atoms with van der Waals surface area (Å²) in [5.41, 5.74) is 2.21. The van der Waals surface area contributed by atoms with E-state index < -0.39 is 0 Å². The lowest BCUT2D eigenvalue weighted by Gasteiger charge is -2.09. The third-order valence-corrected chi connectivity index (χ3v) is 4.25. The van der Waals surface area contributed by atoms with E-state index in [9.17, 15) is 0 Å². The minimum absolute atomic E-state index is 0.207. The number of aliphatic imine (C=N–C) groups is 1. The molecule has 1 aliphatic rings. The molecule has 2 aromatic carbocycles. The molecule has 0 radical (unpaired) electrons. The molecule has 0 saturated heterocycles. The largest absolute Gasteiger partial charge is 0.332 e. The van der Waals surface area contributed by atoms with E-state index in [0.29, 0.717) is 5.11 Å². The molecule has 3 nitrogen and oxygen atoms in total. The molecule has 0 aromatic heterocycles. The van der Waals surface area contributed by atoms with E-state index in [-0.39, 0.29) is 6.04 Å². The molecular weight excluding hydrogens is 298 g/mol. The zero-order chi connectivity index (χ0) is 14.5. The molecule has 0 spiro atoms. The highest BCUT2D eigenvalue weighted by Gasteiger charge is 2.20. The molecule has 1 atom stereocenters. The van der Waals surface area contributed by atoms with Crippen LogP contribution in [0.2, 0.25) is 0 Å². The molecule has 3 rings (SSSR count). The molecule has 21 heavy (non-hydrogen) atoms. The summed E-state index contributed by atoms with van der Waals surface area (Å²) in [4.78, 5) is 4.68. The Balaban J connectivity index is 1.60. The van der Waals surface area contributed by atoms with Gasteiger partial charge in [-0.15, -0.1) is 0 Å². The first-order valence-electron chi connectivity index (χ1n) is 6.70. The quantitative estimate of drug-likeness (QED) is 0.827. The van der Waals surface area contributed by atoms with Crippen molar-refractivity contribution in [1.82, 2.24) is 5.32 Å². The predicted octanol–water partition coefficient (Wildman–Crippen LogP) is 3.82. The SMILES string of the molecule is S=C(NC1=NC(c2ccccc2)CS1)Nc1ccccc1. The topological polar surface area (TPSA) is 36.4 Å². The Morgan fingerprint density at radius 3 is 2.38 bits per heavy atom. The molecule has 1 heterocycles. The normalized spacial score (nSPS) is 17.1. The molecule has 0 amide bonds. The monoisotopic (exact) mass is 313 g/mol. The van der Waals surface area contributed by atoms with Crippen molar-refractivity contribution in [3.8, 4) is 0 Å². The maximum atomic E-state index is 5.31. The number of nitrogens with one attached hydrogen (secondary N) is 2. The number of anilines is 1. The second kappa shape index (κ2) is 6.74. The Bertz CT molecular complexity index is 641. The van der Waals surface area contributed by atoms with Gasteiger partial charge in [0.25, 0.3) is 0 Å². The van der Waals surface area contributed by atoms with Crippen LogP contribution in [0.1, 0.15) is 11.6 Å². The third-order valence-electron chi connectivity index (χ3n) is 3.09. The predicted molar refractivity (Wildman–Crippen MR) is 94.9 cm³/mol. The molecule has 1 aliphatic heterocycles. The van der Waals surface area contributed by atoms with Gasteiger partial charge in [-0.05, 0) is 29.9 Å². The molecule has 0 fully saturated rings. The van der Waals surface area contributed by atoms with Crippen molar-refractivity contribution in [2.24, 2.45) is 4.99 Å². The Hall–Kier alpha value is -1.85. The molecule has 0 bridgehead atoms. The molecule has 106 valence electrons. The van der Waals surface area contributed by atoms with Crippen LogP contribution in [0.4, 0.5) is 5.69 Å². The zero-order valence-electron chi connectivity index (χ0n) is 11.3. The van der Waals surface area contributed by atoms with Gasteiger partial charge in [0.15, 0.2) is 10.3 Å². The number of hydrogen-bond donors (Lipinski definition) is 2. The van der Waals surface area contributed by atoms with E-state index in [1.165, 1.54) is 5.56 Å². The molecule has 0 saturated carbocycles. The number of nitrogens with zero attached hydrogens (tertiary/aromatic N) is 1. The van der Waals surface area contributed by atoms with Crippen molar-refractivity contribution >= 4 is 39.9 Å². The number of rotatable bonds is 2. The molecule has 1 unspecified atom stereocenters. The van der Waals surface area contributed by atoms with Crippen LogP contribution in [0.5, 0.6) is 0 Å². The van der Waals surface area contributed by atoms with Gasteiger partial charge < -0.3 is 10.6 Å². The fraction of sp³-hybridized carbons (Fsp3) is 0.125. The van der Waals surface area contributed by atoms with Gasteiger partial charge in [-0.25, -0.2) is 0 Å². The van der Waals surface area contributed by atoms with Gasteiger partial charge in [-0.1, -0.05) is 60.3 Å². The Morgan fingerprint density at radius 2 is 1.67 bits per heavy atom. The summed E-state index contributed by atoms with van der Waals surface area (Å²) < 4.78 is 0. The van der Waals surface area contributed by atoms with Crippen LogP contribution in [0, 0.1) is 0 Å². The second-order valence-electron chi connectivity index (χ2n) is 4.62. The summed E-state index contributed by atoms with van der Waals surface area (Å²) >= 11 is 7.01. The number of thiocarbonyl (C=S) groups is 1. The Labute approximate surface area is 133 Å². The number of thioether (sulfide) groups is 1. The molecule has 2 aromatic rings. The summed E-state index contributed by atoms with van der Waals surface area (Å²) in [5.74, 6) is 0.945. The summed E-state index contributed by atoms with van der Waals surface area (Å²) in [7, 11) is 0. The van der Waals surface area contributed by atoms with Gasteiger partial charge in [0.05, 0.1) is 6.04 Å². The highest BCUT2D eigenvalue weighted by atomic mass is 32.2. The van der Waals surface area contributed by atoms with E-state index in [1.807, 2.05) is 48.5 Å². The number of hydrogen-bond acceptors (Lipinski definition) is 3. The van der Waals surface area contributed by atoms with Crippen LogP contribution in [-0.2, 0) is 0 Å². The summed E-state index contributed by atoms with van der Waals surface area (Å²) in [6.45, 7) is 0. The standard InChI is InChI=1S/C16H15N3S2/c20-15(17-13-9-5-2-6-10-13)19-16-18-14(11-21-16)12-7-3-1-4-8-12/h1-10,14H,11H2,(H2,17,18,19,20). The van der Waals surface area contributed by atoms with Crippen LogP contribution in [0.25, 0.3) is 0 Å². The number of para-hydroxylation sites is 1. The minimum Gasteiger partial charge on any atom is -0.332 e. The van der Waals surface area contributed by atoms with Gasteiger partial charge in [0.1, 0.15) is 0 Å².